The number of anilines is 1. The van der Waals surface area contributed by atoms with Gasteiger partial charge in [-0.25, -0.2) is 13.4 Å². The minimum atomic E-state index is -3.38. The van der Waals surface area contributed by atoms with Gasteiger partial charge in [0.1, 0.15) is 0 Å². The maximum Gasteiger partial charge on any atom is 0.255 e. The smallest absolute Gasteiger partial charge is 0.255 e. The predicted octanol–water partition coefficient (Wildman–Crippen LogP) is 4.18. The molecule has 3 aromatic carbocycles. The summed E-state index contributed by atoms with van der Waals surface area (Å²) >= 11 is 0. The van der Waals surface area contributed by atoms with E-state index < -0.39 is 9.84 Å². The fraction of sp³-hybridized carbons (Fsp3) is 0.0870. The lowest BCUT2D eigenvalue weighted by Gasteiger charge is -2.08. The second-order valence-corrected chi connectivity index (χ2v) is 9.11. The van der Waals surface area contributed by atoms with Crippen LogP contribution >= 0.6 is 0 Å². The van der Waals surface area contributed by atoms with Gasteiger partial charge in [0.15, 0.2) is 21.5 Å². The average molecular weight is 433 g/mol. The van der Waals surface area contributed by atoms with Gasteiger partial charge in [-0.15, -0.1) is 0 Å². The number of aromatic nitrogens is 3. The van der Waals surface area contributed by atoms with Gasteiger partial charge in [0.25, 0.3) is 5.91 Å². The van der Waals surface area contributed by atoms with Crippen molar-refractivity contribution in [1.29, 1.82) is 0 Å². The van der Waals surface area contributed by atoms with Crippen LogP contribution in [-0.2, 0) is 9.84 Å². The molecule has 0 saturated carbocycles. The van der Waals surface area contributed by atoms with Crippen molar-refractivity contribution < 1.29 is 13.2 Å². The first-order chi connectivity index (χ1) is 15.0. The predicted molar refractivity (Wildman–Crippen MR) is 119 cm³/mol. The molecule has 0 aliphatic carbocycles. The molecule has 0 aliphatic heterocycles. The Labute approximate surface area is 180 Å². The van der Waals surface area contributed by atoms with Crippen LogP contribution in [0.1, 0.15) is 17.3 Å². The van der Waals surface area contributed by atoms with E-state index in [2.05, 4.69) is 20.5 Å². The first kappa shape index (κ1) is 20.5. The van der Waals surface area contributed by atoms with Crippen molar-refractivity contribution in [2.24, 2.45) is 0 Å². The Kier molecular flexibility index (Phi) is 5.64. The molecule has 1 amide bonds. The van der Waals surface area contributed by atoms with E-state index in [1.165, 1.54) is 12.1 Å². The molecule has 0 atom stereocenters. The molecule has 0 bridgehead atoms. The highest BCUT2D eigenvalue weighted by atomic mass is 32.2. The van der Waals surface area contributed by atoms with Gasteiger partial charge in [-0.3, -0.25) is 9.89 Å². The number of hydrogen-bond acceptors (Lipinski definition) is 5. The Morgan fingerprint density at radius 1 is 0.935 bits per heavy atom. The second-order valence-electron chi connectivity index (χ2n) is 6.84. The lowest BCUT2D eigenvalue weighted by Crippen LogP contribution is -2.13. The zero-order chi connectivity index (χ0) is 21.8. The Morgan fingerprint density at radius 2 is 1.68 bits per heavy atom. The lowest BCUT2D eigenvalue weighted by molar-refractivity contribution is 0.102. The number of nitrogens with zero attached hydrogens (tertiary/aromatic N) is 2. The lowest BCUT2D eigenvalue weighted by atomic mass is 10.1. The summed E-state index contributed by atoms with van der Waals surface area (Å²) in [6.07, 6.45) is 0. The standard InChI is InChI=1S/C23H20N4O3S/c1-2-31(29,30)20-10-6-9-18(15-20)23(28)24-19-13-11-17(12-14-19)22-25-21(26-27-22)16-7-4-3-5-8-16/h3-15H,2H2,1H3,(H,24,28)(H,25,26,27). The summed E-state index contributed by atoms with van der Waals surface area (Å²) in [5.41, 5.74) is 2.60. The van der Waals surface area contributed by atoms with Gasteiger partial charge < -0.3 is 5.32 Å². The third-order valence-electron chi connectivity index (χ3n) is 4.77. The van der Waals surface area contributed by atoms with Gasteiger partial charge in [-0.05, 0) is 42.5 Å². The van der Waals surface area contributed by atoms with E-state index in [1.54, 1.807) is 31.2 Å². The molecule has 8 heteroatoms. The molecule has 4 rings (SSSR count). The number of sulfone groups is 1. The normalized spacial score (nSPS) is 11.3. The third-order valence-corrected chi connectivity index (χ3v) is 6.50. The average Bonchev–Trinajstić information content (AvgIpc) is 3.30. The largest absolute Gasteiger partial charge is 0.322 e. The molecule has 0 aliphatic rings. The number of nitrogens with one attached hydrogen (secondary N) is 2. The van der Waals surface area contributed by atoms with E-state index in [-0.39, 0.29) is 22.1 Å². The number of hydrogen-bond donors (Lipinski definition) is 2. The third kappa shape index (κ3) is 4.54. The number of rotatable bonds is 6. The van der Waals surface area contributed by atoms with E-state index in [1.807, 2.05) is 42.5 Å². The molecule has 0 radical (unpaired) electrons. The van der Waals surface area contributed by atoms with Crippen LogP contribution < -0.4 is 5.32 Å². The first-order valence-corrected chi connectivity index (χ1v) is 11.3. The summed E-state index contributed by atoms with van der Waals surface area (Å²) in [7, 11) is -3.38. The Hall–Kier alpha value is -3.78. The van der Waals surface area contributed by atoms with Crippen molar-refractivity contribution in [2.75, 3.05) is 11.1 Å². The minimum absolute atomic E-state index is 0.0207. The SMILES string of the molecule is CCS(=O)(=O)c1cccc(C(=O)Nc2ccc(-c3nc(-c4ccccc4)n[nH]3)cc2)c1. The fourth-order valence-electron chi connectivity index (χ4n) is 3.02. The second kappa shape index (κ2) is 8.53. The van der Waals surface area contributed by atoms with Crippen LogP contribution in [0, 0.1) is 0 Å². The van der Waals surface area contributed by atoms with Crippen molar-refractivity contribution in [2.45, 2.75) is 11.8 Å². The minimum Gasteiger partial charge on any atom is -0.322 e. The molecule has 156 valence electrons. The summed E-state index contributed by atoms with van der Waals surface area (Å²) in [6.45, 7) is 1.57. The van der Waals surface area contributed by atoms with Gasteiger partial charge >= 0.3 is 0 Å². The van der Waals surface area contributed by atoms with Gasteiger partial charge in [0, 0.05) is 22.4 Å². The number of aromatic amines is 1. The van der Waals surface area contributed by atoms with Gasteiger partial charge in [0.2, 0.25) is 0 Å². The molecule has 31 heavy (non-hydrogen) atoms. The molecule has 1 aromatic heterocycles. The van der Waals surface area contributed by atoms with Crippen molar-refractivity contribution >= 4 is 21.4 Å². The van der Waals surface area contributed by atoms with Crippen molar-refractivity contribution in [3.8, 4) is 22.8 Å². The molecular weight excluding hydrogens is 412 g/mol. The maximum atomic E-state index is 12.6. The van der Waals surface area contributed by atoms with Gasteiger partial charge in [-0.1, -0.05) is 43.3 Å². The Bertz CT molecular complexity index is 1310. The highest BCUT2D eigenvalue weighted by Gasteiger charge is 2.15. The zero-order valence-electron chi connectivity index (χ0n) is 16.7. The summed E-state index contributed by atoms with van der Waals surface area (Å²) in [4.78, 5) is 17.2. The van der Waals surface area contributed by atoms with Crippen molar-refractivity contribution in [3.63, 3.8) is 0 Å². The molecule has 1 heterocycles. The van der Waals surface area contributed by atoms with Crippen molar-refractivity contribution in [1.82, 2.24) is 15.2 Å². The number of H-pyrrole nitrogens is 1. The molecule has 4 aromatic rings. The Morgan fingerprint density at radius 3 is 2.39 bits per heavy atom. The fourth-order valence-corrected chi connectivity index (χ4v) is 3.95. The van der Waals surface area contributed by atoms with Gasteiger partial charge in [-0.2, -0.15) is 5.10 Å². The molecule has 7 nitrogen and oxygen atoms in total. The van der Waals surface area contributed by atoms with E-state index >= 15 is 0 Å². The van der Waals surface area contributed by atoms with Crippen LogP contribution in [0.15, 0.2) is 83.8 Å². The van der Waals surface area contributed by atoms with Crippen LogP contribution in [-0.4, -0.2) is 35.3 Å². The number of carbonyl (C=O) groups excluding carboxylic acids is 1. The quantitative estimate of drug-likeness (QED) is 0.475. The first-order valence-electron chi connectivity index (χ1n) is 9.69. The topological polar surface area (TPSA) is 105 Å². The van der Waals surface area contributed by atoms with E-state index in [9.17, 15) is 13.2 Å². The molecular formula is C23H20N4O3S. The van der Waals surface area contributed by atoms with Crippen molar-refractivity contribution in [3.05, 3.63) is 84.4 Å². The molecule has 0 fully saturated rings. The van der Waals surface area contributed by atoms with Crippen LogP contribution in [0.2, 0.25) is 0 Å². The van der Waals surface area contributed by atoms with E-state index in [0.717, 1.165) is 11.1 Å². The zero-order valence-corrected chi connectivity index (χ0v) is 17.6. The maximum absolute atomic E-state index is 12.6. The van der Waals surface area contributed by atoms with Crippen LogP contribution in [0.25, 0.3) is 22.8 Å². The number of amides is 1. The molecule has 0 saturated heterocycles. The number of carbonyl (C=O) groups is 1. The highest BCUT2D eigenvalue weighted by Crippen LogP contribution is 2.22. The van der Waals surface area contributed by atoms with Crippen LogP contribution in [0.4, 0.5) is 5.69 Å². The summed E-state index contributed by atoms with van der Waals surface area (Å²) in [6, 6.07) is 22.8. The van der Waals surface area contributed by atoms with Crippen LogP contribution in [0.5, 0.6) is 0 Å². The molecule has 2 N–H and O–H groups in total. The van der Waals surface area contributed by atoms with Gasteiger partial charge in [0.05, 0.1) is 10.6 Å². The van der Waals surface area contributed by atoms with E-state index in [4.69, 9.17) is 0 Å². The highest BCUT2D eigenvalue weighted by molar-refractivity contribution is 7.91. The number of benzene rings is 3. The summed E-state index contributed by atoms with van der Waals surface area (Å²) in [5, 5.41) is 9.97. The van der Waals surface area contributed by atoms with E-state index in [0.29, 0.717) is 17.3 Å². The molecule has 0 spiro atoms. The summed E-state index contributed by atoms with van der Waals surface area (Å²) < 4.78 is 24.1. The van der Waals surface area contributed by atoms with Crippen LogP contribution in [0.3, 0.4) is 0 Å². The summed E-state index contributed by atoms with van der Waals surface area (Å²) in [5.74, 6) is 0.823. The molecule has 0 unspecified atom stereocenters. The monoisotopic (exact) mass is 432 g/mol. The Balaban J connectivity index is 1.49.